The fourth-order valence-electron chi connectivity index (χ4n) is 3.48. The van der Waals surface area contributed by atoms with E-state index in [-0.39, 0.29) is 10.8 Å². The third-order valence-electron chi connectivity index (χ3n) is 5.11. The normalized spacial score (nSPS) is 23.8. The first-order valence-corrected chi connectivity index (χ1v) is 10.8. The number of nitrogens with zero attached hydrogens (tertiary/aromatic N) is 5. The molecule has 0 N–H and O–H groups in total. The Balaban J connectivity index is 2.14. The van der Waals surface area contributed by atoms with Gasteiger partial charge in [0.2, 0.25) is 0 Å². The summed E-state index contributed by atoms with van der Waals surface area (Å²) in [6, 6.07) is 0. The molecule has 1 saturated heterocycles. The van der Waals surface area contributed by atoms with Crippen LogP contribution in [-0.4, -0.2) is 59.5 Å². The summed E-state index contributed by atoms with van der Waals surface area (Å²) >= 11 is 1.51. The number of unbranched alkanes of at least 4 members (excludes halogenated alkanes) is 3. The van der Waals surface area contributed by atoms with Crippen molar-refractivity contribution in [2.45, 2.75) is 65.0 Å². The first kappa shape index (κ1) is 21.4. The first-order valence-electron chi connectivity index (χ1n) is 10.00. The molecule has 0 radical (unpaired) electrons. The maximum Gasteiger partial charge on any atom is 0.309 e. The van der Waals surface area contributed by atoms with Crippen LogP contribution in [0, 0.1) is 5.21 Å². The Labute approximate surface area is 162 Å². The molecule has 1 aromatic rings. The number of aryl methyl sites for hydroxylation is 1. The van der Waals surface area contributed by atoms with Gasteiger partial charge in [-0.2, -0.15) is 0 Å². The molecule has 7 heteroatoms. The van der Waals surface area contributed by atoms with Gasteiger partial charge >= 0.3 is 5.13 Å². The highest BCUT2D eigenvalue weighted by molar-refractivity contribution is 7.15. The number of quaternary nitrogens is 1. The number of likely N-dealkylation sites (N-methyl/N-ethyl adjacent to an activating group) is 1. The monoisotopic (exact) mass is 381 g/mol. The van der Waals surface area contributed by atoms with Crippen LogP contribution in [0.1, 0.15) is 57.4 Å². The second-order valence-corrected chi connectivity index (χ2v) is 8.38. The Hall–Kier alpha value is -0.860. The third kappa shape index (κ3) is 5.33. The van der Waals surface area contributed by atoms with Gasteiger partial charge in [-0.1, -0.05) is 44.3 Å². The van der Waals surface area contributed by atoms with Crippen LogP contribution in [0.2, 0.25) is 0 Å². The van der Waals surface area contributed by atoms with Crippen molar-refractivity contribution in [3.05, 3.63) is 22.9 Å². The zero-order valence-corrected chi connectivity index (χ0v) is 17.5. The summed E-state index contributed by atoms with van der Waals surface area (Å²) in [5.74, 6) is 0. The lowest BCUT2D eigenvalue weighted by molar-refractivity contribution is 0.145. The predicted octanol–water partition coefficient (Wildman–Crippen LogP) is 3.98. The minimum Gasteiger partial charge on any atom is -0.623 e. The second-order valence-electron chi connectivity index (χ2n) is 7.34. The largest absolute Gasteiger partial charge is 0.623 e. The predicted molar refractivity (Wildman–Crippen MR) is 111 cm³/mol. The van der Waals surface area contributed by atoms with E-state index in [1.54, 1.807) is 0 Å². The number of hydroxylamine groups is 2. The smallest absolute Gasteiger partial charge is 0.309 e. The number of rotatable bonds is 12. The molecule has 2 atom stereocenters. The van der Waals surface area contributed by atoms with Gasteiger partial charge in [0.05, 0.1) is 6.54 Å². The van der Waals surface area contributed by atoms with Gasteiger partial charge in [-0.15, -0.1) is 11.7 Å². The SMILES string of the molecule is C=CCCN1CC(N(C)CCCC)[N+]([O-])(c2nnc(CCCCC)s2)C1. The van der Waals surface area contributed by atoms with E-state index in [2.05, 4.69) is 47.5 Å². The van der Waals surface area contributed by atoms with E-state index in [0.717, 1.165) is 56.7 Å². The van der Waals surface area contributed by atoms with Crippen molar-refractivity contribution >= 4 is 16.5 Å². The van der Waals surface area contributed by atoms with Crippen LogP contribution >= 0.6 is 11.3 Å². The Kier molecular flexibility index (Phi) is 8.63. The van der Waals surface area contributed by atoms with E-state index in [4.69, 9.17) is 0 Å². The molecule has 6 nitrogen and oxygen atoms in total. The summed E-state index contributed by atoms with van der Waals surface area (Å²) in [6.07, 6.45) is 9.41. The second kappa shape index (κ2) is 10.5. The fourth-order valence-corrected chi connectivity index (χ4v) is 4.43. The number of hydrogen-bond donors (Lipinski definition) is 0. The topological polar surface area (TPSA) is 55.3 Å². The van der Waals surface area contributed by atoms with Crippen LogP contribution in [0.3, 0.4) is 0 Å². The van der Waals surface area contributed by atoms with Gasteiger partial charge < -0.3 is 5.21 Å². The number of aromatic nitrogens is 2. The van der Waals surface area contributed by atoms with E-state index in [9.17, 15) is 5.21 Å². The molecule has 1 aromatic heterocycles. The average molecular weight is 382 g/mol. The molecule has 0 saturated carbocycles. The Bertz CT molecular complexity index is 552. The van der Waals surface area contributed by atoms with E-state index >= 15 is 0 Å². The van der Waals surface area contributed by atoms with Crippen LogP contribution in [0.25, 0.3) is 0 Å². The van der Waals surface area contributed by atoms with Gasteiger partial charge in [0.15, 0.2) is 6.17 Å². The van der Waals surface area contributed by atoms with E-state index in [1.165, 1.54) is 24.2 Å². The van der Waals surface area contributed by atoms with Crippen molar-refractivity contribution in [3.8, 4) is 0 Å². The molecular weight excluding hydrogens is 346 g/mol. The molecule has 2 unspecified atom stereocenters. The van der Waals surface area contributed by atoms with Crippen LogP contribution in [0.15, 0.2) is 12.7 Å². The van der Waals surface area contributed by atoms with Crippen LogP contribution in [-0.2, 0) is 6.42 Å². The van der Waals surface area contributed by atoms with Crippen molar-refractivity contribution in [1.82, 2.24) is 24.6 Å². The van der Waals surface area contributed by atoms with Gasteiger partial charge in [0.25, 0.3) is 0 Å². The molecule has 1 aliphatic heterocycles. The molecule has 26 heavy (non-hydrogen) atoms. The Morgan fingerprint density at radius 1 is 1.31 bits per heavy atom. The molecule has 1 fully saturated rings. The molecule has 2 heterocycles. The highest BCUT2D eigenvalue weighted by Crippen LogP contribution is 2.35. The lowest BCUT2D eigenvalue weighted by atomic mass is 10.2. The van der Waals surface area contributed by atoms with Crippen molar-refractivity contribution in [2.24, 2.45) is 0 Å². The minimum atomic E-state index is -0.386. The lowest BCUT2D eigenvalue weighted by Crippen LogP contribution is -2.56. The summed E-state index contributed by atoms with van der Waals surface area (Å²) < 4.78 is -0.386. The molecule has 0 amide bonds. The molecule has 1 aliphatic rings. The summed E-state index contributed by atoms with van der Waals surface area (Å²) in [7, 11) is 2.07. The molecular formula is C19H35N5OS. The highest BCUT2D eigenvalue weighted by Gasteiger charge is 2.45. The summed E-state index contributed by atoms with van der Waals surface area (Å²) in [4.78, 5) is 4.47. The number of hydrogen-bond acceptors (Lipinski definition) is 6. The summed E-state index contributed by atoms with van der Waals surface area (Å²) in [6.45, 7) is 11.3. The van der Waals surface area contributed by atoms with Gasteiger partial charge in [0, 0.05) is 19.5 Å². The molecule has 2 rings (SSSR count). The van der Waals surface area contributed by atoms with Crippen molar-refractivity contribution < 1.29 is 0 Å². The maximum absolute atomic E-state index is 13.9. The molecule has 0 aliphatic carbocycles. The summed E-state index contributed by atoms with van der Waals surface area (Å²) in [5, 5.41) is 24.2. The van der Waals surface area contributed by atoms with Crippen LogP contribution < -0.4 is 4.65 Å². The zero-order valence-electron chi connectivity index (χ0n) is 16.7. The van der Waals surface area contributed by atoms with Crippen LogP contribution in [0.4, 0.5) is 5.13 Å². The van der Waals surface area contributed by atoms with Crippen molar-refractivity contribution in [1.29, 1.82) is 0 Å². The van der Waals surface area contributed by atoms with Crippen molar-refractivity contribution in [3.63, 3.8) is 0 Å². The average Bonchev–Trinajstić information content (AvgIpc) is 3.24. The van der Waals surface area contributed by atoms with E-state index in [1.807, 2.05) is 6.08 Å². The standard InChI is InChI=1S/C19H35N5OS/c1-5-8-11-12-17-20-21-19(26-17)24(25)16-23(14-10-7-3)15-18(24)22(4)13-9-6-2/h7,18H,3,5-6,8-16H2,1-2,4H3. The molecule has 0 bridgehead atoms. The zero-order chi connectivity index (χ0) is 19.0. The maximum atomic E-state index is 13.9. The van der Waals surface area contributed by atoms with Gasteiger partial charge in [-0.25, -0.2) is 4.90 Å². The molecule has 148 valence electrons. The van der Waals surface area contributed by atoms with E-state index < -0.39 is 0 Å². The molecule has 0 aromatic carbocycles. The van der Waals surface area contributed by atoms with Crippen molar-refractivity contribution in [2.75, 3.05) is 33.4 Å². The van der Waals surface area contributed by atoms with E-state index in [0.29, 0.717) is 11.8 Å². The van der Waals surface area contributed by atoms with Gasteiger partial charge in [0.1, 0.15) is 11.7 Å². The highest BCUT2D eigenvalue weighted by atomic mass is 32.1. The Morgan fingerprint density at radius 3 is 2.77 bits per heavy atom. The lowest BCUT2D eigenvalue weighted by Gasteiger charge is -2.43. The molecule has 0 spiro atoms. The van der Waals surface area contributed by atoms with Gasteiger partial charge in [-0.3, -0.25) is 9.55 Å². The minimum absolute atomic E-state index is 0.109. The summed E-state index contributed by atoms with van der Waals surface area (Å²) in [5.41, 5.74) is 0. The third-order valence-corrected chi connectivity index (χ3v) is 6.20. The van der Waals surface area contributed by atoms with Crippen LogP contribution in [0.5, 0.6) is 0 Å². The fraction of sp³-hybridized carbons (Fsp3) is 0.789. The quantitative estimate of drug-likeness (QED) is 0.237. The van der Waals surface area contributed by atoms with Gasteiger partial charge in [-0.05, 0) is 37.6 Å². The first-order chi connectivity index (χ1) is 12.5. The Morgan fingerprint density at radius 2 is 2.08 bits per heavy atom.